The van der Waals surface area contributed by atoms with Crippen molar-refractivity contribution < 1.29 is 9.59 Å². The van der Waals surface area contributed by atoms with E-state index < -0.39 is 0 Å². The van der Waals surface area contributed by atoms with Crippen molar-refractivity contribution in [2.75, 3.05) is 18.0 Å². The second-order valence-electron chi connectivity index (χ2n) is 7.86. The van der Waals surface area contributed by atoms with Crippen molar-refractivity contribution in [3.05, 3.63) is 64.7 Å². The van der Waals surface area contributed by atoms with Crippen LogP contribution in [0.4, 0.5) is 5.69 Å². The lowest BCUT2D eigenvalue weighted by Crippen LogP contribution is -2.36. The average molecular weight is 362 g/mol. The molecule has 2 aromatic carbocycles. The topological polar surface area (TPSA) is 40.6 Å². The molecule has 140 valence electrons. The van der Waals surface area contributed by atoms with Crippen LogP contribution in [0.5, 0.6) is 0 Å². The molecule has 0 aromatic heterocycles. The minimum atomic E-state index is 0.0455. The maximum atomic E-state index is 13.1. The van der Waals surface area contributed by atoms with E-state index in [9.17, 15) is 9.59 Å². The molecule has 0 radical (unpaired) electrons. The molecule has 4 rings (SSSR count). The summed E-state index contributed by atoms with van der Waals surface area (Å²) in [6.07, 6.45) is 2.38. The highest BCUT2D eigenvalue weighted by Crippen LogP contribution is 2.27. The van der Waals surface area contributed by atoms with E-state index >= 15 is 0 Å². The van der Waals surface area contributed by atoms with Gasteiger partial charge in [0.15, 0.2) is 0 Å². The smallest absolute Gasteiger partial charge is 0.254 e. The van der Waals surface area contributed by atoms with Gasteiger partial charge in [0.1, 0.15) is 0 Å². The molecule has 0 saturated carbocycles. The molecular weight excluding hydrogens is 336 g/mol. The van der Waals surface area contributed by atoms with Gasteiger partial charge in [-0.15, -0.1) is 0 Å². The quantitative estimate of drug-likeness (QED) is 0.823. The zero-order valence-electron chi connectivity index (χ0n) is 16.1. The molecule has 2 aliphatic rings. The van der Waals surface area contributed by atoms with Crippen molar-refractivity contribution in [3.8, 4) is 0 Å². The number of carbonyl (C=O) groups excluding carboxylic acids is 2. The highest BCUT2D eigenvalue weighted by molar-refractivity contribution is 5.99. The highest BCUT2D eigenvalue weighted by Gasteiger charge is 2.25. The molecule has 0 aliphatic carbocycles. The fraction of sp³-hybridized carbons (Fsp3) is 0.391. The van der Waals surface area contributed by atoms with E-state index in [0.717, 1.165) is 31.6 Å². The fourth-order valence-corrected chi connectivity index (χ4v) is 4.02. The van der Waals surface area contributed by atoms with Crippen molar-refractivity contribution in [1.29, 1.82) is 0 Å². The maximum absolute atomic E-state index is 13.1. The van der Waals surface area contributed by atoms with Crippen LogP contribution in [0.3, 0.4) is 0 Å². The van der Waals surface area contributed by atoms with Crippen LogP contribution in [0.1, 0.15) is 59.7 Å². The normalized spacial score (nSPS) is 16.8. The van der Waals surface area contributed by atoms with Crippen LogP contribution in [-0.2, 0) is 17.8 Å². The van der Waals surface area contributed by atoms with Crippen LogP contribution >= 0.6 is 0 Å². The lowest BCUT2D eigenvalue weighted by molar-refractivity contribution is -0.117. The molecule has 2 aliphatic heterocycles. The lowest BCUT2D eigenvalue weighted by Gasteiger charge is -2.30. The molecule has 4 nitrogen and oxygen atoms in total. The summed E-state index contributed by atoms with van der Waals surface area (Å²) in [6.45, 7) is 6.52. The van der Waals surface area contributed by atoms with Gasteiger partial charge < -0.3 is 9.80 Å². The summed E-state index contributed by atoms with van der Waals surface area (Å²) in [5.74, 6) is 0.674. The number of hydrogen-bond acceptors (Lipinski definition) is 2. The minimum Gasteiger partial charge on any atom is -0.334 e. The second-order valence-corrected chi connectivity index (χ2v) is 7.86. The first-order valence-corrected chi connectivity index (χ1v) is 9.84. The second kappa shape index (κ2) is 7.18. The highest BCUT2D eigenvalue weighted by atomic mass is 16.2. The molecule has 2 heterocycles. The number of benzene rings is 2. The first-order valence-electron chi connectivity index (χ1n) is 9.84. The zero-order valence-corrected chi connectivity index (χ0v) is 16.1. The Hall–Kier alpha value is -2.62. The third kappa shape index (κ3) is 3.48. The van der Waals surface area contributed by atoms with Gasteiger partial charge in [-0.25, -0.2) is 0 Å². The number of hydrogen-bond donors (Lipinski definition) is 0. The van der Waals surface area contributed by atoms with Crippen molar-refractivity contribution in [1.82, 2.24) is 4.90 Å². The molecule has 0 bridgehead atoms. The monoisotopic (exact) mass is 362 g/mol. The predicted octanol–water partition coefficient (Wildman–Crippen LogP) is 4.14. The predicted molar refractivity (Wildman–Crippen MR) is 107 cm³/mol. The summed E-state index contributed by atoms with van der Waals surface area (Å²) >= 11 is 0. The number of anilines is 1. The molecule has 27 heavy (non-hydrogen) atoms. The van der Waals surface area contributed by atoms with Crippen LogP contribution in [0, 0.1) is 0 Å². The molecule has 1 saturated heterocycles. The van der Waals surface area contributed by atoms with Crippen molar-refractivity contribution in [3.63, 3.8) is 0 Å². The van der Waals surface area contributed by atoms with E-state index in [0.29, 0.717) is 24.4 Å². The summed E-state index contributed by atoms with van der Waals surface area (Å²) < 4.78 is 0. The van der Waals surface area contributed by atoms with Gasteiger partial charge in [0.25, 0.3) is 5.91 Å². The molecule has 0 N–H and O–H groups in total. The van der Waals surface area contributed by atoms with E-state index in [2.05, 4.69) is 32.0 Å². The van der Waals surface area contributed by atoms with Crippen LogP contribution < -0.4 is 4.90 Å². The molecule has 2 aromatic rings. The SMILES string of the molecule is CC(C)c1ccc2c(c1)CN(C(=O)c1cccc(N3CCCC3=O)c1)CC2. The number of carbonyl (C=O) groups is 2. The minimum absolute atomic E-state index is 0.0455. The molecule has 2 amide bonds. The van der Waals surface area contributed by atoms with Crippen LogP contribution in [0.25, 0.3) is 0 Å². The molecule has 0 spiro atoms. The largest absolute Gasteiger partial charge is 0.334 e. The Kier molecular flexibility index (Phi) is 4.73. The average Bonchev–Trinajstić information content (AvgIpc) is 3.12. The summed E-state index contributed by atoms with van der Waals surface area (Å²) in [5.41, 5.74) is 5.42. The lowest BCUT2D eigenvalue weighted by atomic mass is 9.93. The third-order valence-electron chi connectivity index (χ3n) is 5.67. The molecule has 4 heteroatoms. The van der Waals surface area contributed by atoms with Crippen molar-refractivity contribution in [2.24, 2.45) is 0 Å². The molecule has 1 fully saturated rings. The van der Waals surface area contributed by atoms with E-state index in [-0.39, 0.29) is 11.8 Å². The van der Waals surface area contributed by atoms with Gasteiger partial charge in [-0.2, -0.15) is 0 Å². The Labute approximate surface area is 160 Å². The zero-order chi connectivity index (χ0) is 19.0. The Morgan fingerprint density at radius 1 is 1.00 bits per heavy atom. The summed E-state index contributed by atoms with van der Waals surface area (Å²) in [6, 6.07) is 14.2. The van der Waals surface area contributed by atoms with E-state index in [4.69, 9.17) is 0 Å². The van der Waals surface area contributed by atoms with Gasteiger partial charge in [0, 0.05) is 37.3 Å². The van der Waals surface area contributed by atoms with Crippen LogP contribution in [0.2, 0.25) is 0 Å². The van der Waals surface area contributed by atoms with Crippen molar-refractivity contribution in [2.45, 2.75) is 45.6 Å². The van der Waals surface area contributed by atoms with Crippen LogP contribution in [-0.4, -0.2) is 29.8 Å². The molecule has 0 unspecified atom stereocenters. The Bertz CT molecular complexity index is 888. The Morgan fingerprint density at radius 3 is 2.59 bits per heavy atom. The fourth-order valence-electron chi connectivity index (χ4n) is 4.02. The number of nitrogens with zero attached hydrogens (tertiary/aromatic N) is 2. The Balaban J connectivity index is 1.55. The van der Waals surface area contributed by atoms with Gasteiger partial charge in [-0.05, 0) is 53.6 Å². The molecule has 0 atom stereocenters. The van der Waals surface area contributed by atoms with Gasteiger partial charge in [-0.3, -0.25) is 9.59 Å². The Morgan fingerprint density at radius 2 is 1.85 bits per heavy atom. The first-order chi connectivity index (χ1) is 13.0. The van der Waals surface area contributed by atoms with Crippen LogP contribution in [0.15, 0.2) is 42.5 Å². The number of amides is 2. The van der Waals surface area contributed by atoms with Gasteiger partial charge in [-0.1, -0.05) is 38.1 Å². The van der Waals surface area contributed by atoms with E-state index in [1.807, 2.05) is 29.2 Å². The number of rotatable bonds is 3. The third-order valence-corrected chi connectivity index (χ3v) is 5.67. The van der Waals surface area contributed by atoms with Gasteiger partial charge in [0.2, 0.25) is 5.91 Å². The van der Waals surface area contributed by atoms with Crippen molar-refractivity contribution >= 4 is 17.5 Å². The maximum Gasteiger partial charge on any atom is 0.254 e. The molecular formula is C23H26N2O2. The van der Waals surface area contributed by atoms with Gasteiger partial charge in [0.05, 0.1) is 0 Å². The first kappa shape index (κ1) is 17.8. The summed E-state index contributed by atoms with van der Waals surface area (Å²) in [4.78, 5) is 28.8. The number of fused-ring (bicyclic) bond motifs is 1. The standard InChI is InChI=1S/C23H26N2O2/c1-16(2)18-9-8-17-10-12-24(15-20(17)13-18)23(27)19-5-3-6-21(14-19)25-11-4-7-22(25)26/h3,5-6,8-9,13-14,16H,4,7,10-12,15H2,1-2H3. The summed E-state index contributed by atoms with van der Waals surface area (Å²) in [7, 11) is 0. The van der Waals surface area contributed by atoms with E-state index in [1.54, 1.807) is 4.90 Å². The summed E-state index contributed by atoms with van der Waals surface area (Å²) in [5, 5.41) is 0. The van der Waals surface area contributed by atoms with E-state index in [1.165, 1.54) is 16.7 Å². The van der Waals surface area contributed by atoms with Gasteiger partial charge >= 0.3 is 0 Å².